The van der Waals surface area contributed by atoms with E-state index in [-0.39, 0.29) is 22.2 Å². The van der Waals surface area contributed by atoms with E-state index in [9.17, 15) is 10.0 Å². The molecule has 1 aliphatic heterocycles. The van der Waals surface area contributed by atoms with Crippen molar-refractivity contribution in [2.45, 2.75) is 0 Å². The van der Waals surface area contributed by atoms with E-state index in [0.29, 0.717) is 21.6 Å². The van der Waals surface area contributed by atoms with Crippen molar-refractivity contribution in [1.82, 2.24) is 0 Å². The van der Waals surface area contributed by atoms with Gasteiger partial charge in [0, 0.05) is 0 Å². The SMILES string of the molecule is COc1cccc(C2=[N+]([O-])c3c(Cl)cccc3C2=O)c1. The van der Waals surface area contributed by atoms with Crippen molar-refractivity contribution < 1.29 is 14.3 Å². The number of Topliss-reactive ketones (excluding diaryl/α,β-unsaturated/α-hetero) is 1. The fourth-order valence-electron chi connectivity index (χ4n) is 2.26. The highest BCUT2D eigenvalue weighted by molar-refractivity contribution is 6.53. The van der Waals surface area contributed by atoms with Crippen molar-refractivity contribution in [2.75, 3.05) is 7.11 Å². The number of carbonyl (C=O) groups excluding carboxylic acids is 1. The molecule has 0 fully saturated rings. The van der Waals surface area contributed by atoms with E-state index in [1.165, 1.54) is 7.11 Å². The number of hydrogen-bond acceptors (Lipinski definition) is 3. The lowest BCUT2D eigenvalue weighted by atomic mass is 10.0. The van der Waals surface area contributed by atoms with Gasteiger partial charge in [0.15, 0.2) is 0 Å². The molecule has 5 heteroatoms. The first-order chi connectivity index (χ1) is 9.63. The normalized spacial score (nSPS) is 13.6. The lowest BCUT2D eigenvalue weighted by Crippen LogP contribution is -2.16. The molecule has 4 nitrogen and oxygen atoms in total. The van der Waals surface area contributed by atoms with Crippen LogP contribution < -0.4 is 4.74 Å². The highest BCUT2D eigenvalue weighted by Crippen LogP contribution is 2.34. The Bertz CT molecular complexity index is 753. The Morgan fingerprint density at radius 3 is 2.65 bits per heavy atom. The molecule has 0 unspecified atom stereocenters. The molecule has 1 aliphatic rings. The van der Waals surface area contributed by atoms with Crippen molar-refractivity contribution in [1.29, 1.82) is 0 Å². The predicted molar refractivity (Wildman–Crippen MR) is 76.2 cm³/mol. The van der Waals surface area contributed by atoms with Crippen LogP contribution in [0.15, 0.2) is 42.5 Å². The van der Waals surface area contributed by atoms with Gasteiger partial charge in [-0.05, 0) is 30.3 Å². The Labute approximate surface area is 120 Å². The lowest BCUT2D eigenvalue weighted by molar-refractivity contribution is -0.355. The van der Waals surface area contributed by atoms with Gasteiger partial charge in [-0.1, -0.05) is 23.7 Å². The largest absolute Gasteiger partial charge is 0.618 e. The van der Waals surface area contributed by atoms with Gasteiger partial charge in [-0.2, -0.15) is 4.74 Å². The molecule has 0 aliphatic carbocycles. The Kier molecular flexibility index (Phi) is 2.95. The Morgan fingerprint density at radius 1 is 1.20 bits per heavy atom. The van der Waals surface area contributed by atoms with Gasteiger partial charge in [-0.25, -0.2) is 0 Å². The van der Waals surface area contributed by atoms with Crippen LogP contribution in [0, 0.1) is 5.21 Å². The van der Waals surface area contributed by atoms with E-state index in [2.05, 4.69) is 0 Å². The maximum Gasteiger partial charge on any atom is 0.273 e. The highest BCUT2D eigenvalue weighted by Gasteiger charge is 2.38. The van der Waals surface area contributed by atoms with Gasteiger partial charge in [-0.3, -0.25) is 4.79 Å². The number of methoxy groups -OCH3 is 1. The molecule has 3 rings (SSSR count). The maximum atomic E-state index is 12.4. The molecule has 2 aromatic carbocycles. The monoisotopic (exact) mass is 287 g/mol. The molecule has 0 amide bonds. The summed E-state index contributed by atoms with van der Waals surface area (Å²) in [7, 11) is 1.53. The minimum atomic E-state index is -0.328. The molecule has 0 N–H and O–H groups in total. The molecule has 0 saturated heterocycles. The third kappa shape index (κ3) is 1.77. The molecule has 100 valence electrons. The van der Waals surface area contributed by atoms with E-state index >= 15 is 0 Å². The number of ketones is 1. The van der Waals surface area contributed by atoms with Crippen molar-refractivity contribution in [3.8, 4) is 5.75 Å². The molecule has 0 radical (unpaired) electrons. The van der Waals surface area contributed by atoms with Crippen molar-refractivity contribution in [3.63, 3.8) is 0 Å². The molecule has 20 heavy (non-hydrogen) atoms. The average Bonchev–Trinajstić information content (AvgIpc) is 2.72. The molecule has 1 heterocycles. The number of rotatable bonds is 2. The number of hydrogen-bond donors (Lipinski definition) is 0. The van der Waals surface area contributed by atoms with Gasteiger partial charge in [0.2, 0.25) is 5.69 Å². The summed E-state index contributed by atoms with van der Waals surface area (Å²) in [6.07, 6.45) is 0. The van der Waals surface area contributed by atoms with Crippen molar-refractivity contribution in [3.05, 3.63) is 63.8 Å². The van der Waals surface area contributed by atoms with Gasteiger partial charge in [0.1, 0.15) is 16.3 Å². The first-order valence-corrected chi connectivity index (χ1v) is 6.33. The number of fused-ring (bicyclic) bond motifs is 1. The number of halogens is 1. The molecule has 0 bridgehead atoms. The lowest BCUT2D eigenvalue weighted by Gasteiger charge is -2.04. The van der Waals surface area contributed by atoms with Crippen LogP contribution in [0.1, 0.15) is 15.9 Å². The Balaban J connectivity index is 2.21. The number of nitrogens with zero attached hydrogens (tertiary/aromatic N) is 1. The zero-order chi connectivity index (χ0) is 14.3. The Morgan fingerprint density at radius 2 is 1.95 bits per heavy atom. The third-order valence-electron chi connectivity index (χ3n) is 3.20. The molecule has 0 atom stereocenters. The van der Waals surface area contributed by atoms with E-state index in [1.807, 2.05) is 0 Å². The summed E-state index contributed by atoms with van der Waals surface area (Å²) in [5.41, 5.74) is 1.10. The minimum Gasteiger partial charge on any atom is -0.618 e. The molecular weight excluding hydrogens is 278 g/mol. The summed E-state index contributed by atoms with van der Waals surface area (Å²) >= 11 is 6.01. The third-order valence-corrected chi connectivity index (χ3v) is 3.50. The molecule has 0 saturated carbocycles. The fraction of sp³-hybridized carbons (Fsp3) is 0.0667. The number of benzene rings is 2. The molecule has 2 aromatic rings. The molecule has 0 spiro atoms. The van der Waals surface area contributed by atoms with Crippen LogP contribution in [-0.4, -0.2) is 23.3 Å². The maximum absolute atomic E-state index is 12.4. The van der Waals surface area contributed by atoms with E-state index < -0.39 is 0 Å². The summed E-state index contributed by atoms with van der Waals surface area (Å²) < 4.78 is 5.71. The fourth-order valence-corrected chi connectivity index (χ4v) is 2.51. The van der Waals surface area contributed by atoms with Gasteiger partial charge in [0.05, 0.1) is 12.7 Å². The van der Waals surface area contributed by atoms with E-state index in [4.69, 9.17) is 16.3 Å². The standard InChI is InChI=1S/C15H10ClNO3/c1-20-10-5-2-4-9(8-10)13-15(18)11-6-3-7-12(16)14(11)17(13)19/h2-8H,1H3. The second kappa shape index (κ2) is 4.65. The van der Waals surface area contributed by atoms with E-state index in [1.54, 1.807) is 42.5 Å². The van der Waals surface area contributed by atoms with Crippen LogP contribution in [0.3, 0.4) is 0 Å². The van der Waals surface area contributed by atoms with E-state index in [0.717, 1.165) is 0 Å². The minimum absolute atomic E-state index is 0.0620. The summed E-state index contributed by atoms with van der Waals surface area (Å²) in [6, 6.07) is 11.7. The van der Waals surface area contributed by atoms with Gasteiger partial charge in [-0.15, -0.1) is 0 Å². The summed E-state index contributed by atoms with van der Waals surface area (Å²) in [4.78, 5) is 12.4. The smallest absolute Gasteiger partial charge is 0.273 e. The van der Waals surface area contributed by atoms with Crippen LogP contribution in [-0.2, 0) is 0 Å². The van der Waals surface area contributed by atoms with Crippen molar-refractivity contribution >= 4 is 28.8 Å². The van der Waals surface area contributed by atoms with Crippen LogP contribution >= 0.6 is 11.6 Å². The number of carbonyl (C=O) groups is 1. The van der Waals surface area contributed by atoms with Crippen LogP contribution in [0.25, 0.3) is 0 Å². The Hall–Kier alpha value is -2.33. The zero-order valence-electron chi connectivity index (χ0n) is 10.6. The second-order valence-corrected chi connectivity index (χ2v) is 4.75. The second-order valence-electron chi connectivity index (χ2n) is 4.34. The van der Waals surface area contributed by atoms with Crippen molar-refractivity contribution in [2.24, 2.45) is 0 Å². The highest BCUT2D eigenvalue weighted by atomic mass is 35.5. The van der Waals surface area contributed by atoms with Gasteiger partial charge < -0.3 is 9.94 Å². The summed E-state index contributed by atoms with van der Waals surface area (Å²) in [5.74, 6) is 0.254. The average molecular weight is 288 g/mol. The molecular formula is C15H10ClNO3. The molecule has 0 aromatic heterocycles. The van der Waals surface area contributed by atoms with Crippen LogP contribution in [0.2, 0.25) is 5.02 Å². The topological polar surface area (TPSA) is 52.4 Å². The summed E-state index contributed by atoms with van der Waals surface area (Å²) in [6.45, 7) is 0. The predicted octanol–water partition coefficient (Wildman–Crippen LogP) is 3.18. The van der Waals surface area contributed by atoms with Gasteiger partial charge >= 0.3 is 0 Å². The number of ether oxygens (including phenoxy) is 1. The van der Waals surface area contributed by atoms with Crippen LogP contribution in [0.4, 0.5) is 5.69 Å². The quantitative estimate of drug-likeness (QED) is 0.630. The van der Waals surface area contributed by atoms with Crippen LogP contribution in [0.5, 0.6) is 5.75 Å². The summed E-state index contributed by atoms with van der Waals surface area (Å²) in [5, 5.41) is 12.6. The zero-order valence-corrected chi connectivity index (χ0v) is 11.3. The number of para-hydroxylation sites is 1. The first kappa shape index (κ1) is 12.7. The first-order valence-electron chi connectivity index (χ1n) is 5.95. The van der Waals surface area contributed by atoms with Gasteiger partial charge in [0.25, 0.3) is 11.5 Å².